The molecular formula is C33H41ClN4O3S. The average Bonchev–Trinajstić information content (AvgIpc) is 3.51. The van der Waals surface area contributed by atoms with E-state index < -0.39 is 5.60 Å². The van der Waals surface area contributed by atoms with Crippen molar-refractivity contribution >= 4 is 50.5 Å². The lowest BCUT2D eigenvalue weighted by Gasteiger charge is -2.16. The first-order chi connectivity index (χ1) is 19.8. The van der Waals surface area contributed by atoms with Gasteiger partial charge in [-0.15, -0.1) is 11.3 Å². The molecule has 4 N–H and O–H groups in total. The molecule has 0 aliphatic carbocycles. The third-order valence-electron chi connectivity index (χ3n) is 6.82. The predicted molar refractivity (Wildman–Crippen MR) is 176 cm³/mol. The topological polar surface area (TPSA) is 101 Å². The number of esters is 1. The molecule has 3 aromatic carbocycles. The number of aliphatic hydroxyl groups is 1. The van der Waals surface area contributed by atoms with Crippen LogP contribution in [0.15, 0.2) is 48.5 Å². The first kappa shape index (κ1) is 31.8. The lowest BCUT2D eigenvalue weighted by atomic mass is 9.93. The van der Waals surface area contributed by atoms with Gasteiger partial charge in [0.25, 0.3) is 0 Å². The van der Waals surface area contributed by atoms with Gasteiger partial charge >= 0.3 is 5.97 Å². The molecule has 0 radical (unpaired) electrons. The van der Waals surface area contributed by atoms with E-state index in [9.17, 15) is 4.79 Å². The molecule has 224 valence electrons. The van der Waals surface area contributed by atoms with Crippen LogP contribution < -0.4 is 11.1 Å². The second-order valence-corrected chi connectivity index (χ2v) is 13.2. The maximum Gasteiger partial charge on any atom is 0.310 e. The summed E-state index contributed by atoms with van der Waals surface area (Å²) in [5, 5.41) is 13.7. The summed E-state index contributed by atoms with van der Waals surface area (Å²) < 4.78 is 6.32. The highest BCUT2D eigenvalue weighted by Gasteiger charge is 2.22. The Bertz CT molecular complexity index is 1540. The number of thiazole rings is 1. The van der Waals surface area contributed by atoms with Crippen molar-refractivity contribution in [2.45, 2.75) is 59.1 Å². The van der Waals surface area contributed by atoms with E-state index in [-0.39, 0.29) is 12.4 Å². The maximum absolute atomic E-state index is 12.5. The van der Waals surface area contributed by atoms with Crippen LogP contribution in [0.25, 0.3) is 31.9 Å². The molecule has 0 amide bonds. The van der Waals surface area contributed by atoms with Gasteiger partial charge in [-0.3, -0.25) is 4.79 Å². The van der Waals surface area contributed by atoms with Gasteiger partial charge in [-0.2, -0.15) is 0 Å². The van der Waals surface area contributed by atoms with Crippen LogP contribution in [-0.2, 0) is 16.0 Å². The van der Waals surface area contributed by atoms with E-state index in [1.807, 2.05) is 50.2 Å². The minimum Gasteiger partial charge on any atom is -0.466 e. The molecule has 1 fully saturated rings. The van der Waals surface area contributed by atoms with Crippen molar-refractivity contribution < 1.29 is 14.6 Å². The Hall–Kier alpha value is -3.17. The number of anilines is 2. The average molecular weight is 609 g/mol. The molecule has 1 saturated heterocycles. The summed E-state index contributed by atoms with van der Waals surface area (Å²) in [7, 11) is 2.14. The van der Waals surface area contributed by atoms with Crippen LogP contribution in [0.1, 0.15) is 45.2 Å². The summed E-state index contributed by atoms with van der Waals surface area (Å²) in [6.07, 6.45) is 1.29. The van der Waals surface area contributed by atoms with Crippen LogP contribution in [0.3, 0.4) is 0 Å². The number of fused-ring (bicyclic) bond motifs is 1. The second-order valence-electron chi connectivity index (χ2n) is 11.8. The molecule has 42 heavy (non-hydrogen) atoms. The molecule has 4 aromatic rings. The molecule has 2 heterocycles. The smallest absolute Gasteiger partial charge is 0.310 e. The molecule has 0 bridgehead atoms. The van der Waals surface area contributed by atoms with Gasteiger partial charge in [0.2, 0.25) is 0 Å². The van der Waals surface area contributed by atoms with E-state index in [0.29, 0.717) is 17.7 Å². The van der Waals surface area contributed by atoms with Crippen LogP contribution >= 0.6 is 22.9 Å². The van der Waals surface area contributed by atoms with E-state index in [1.165, 1.54) is 0 Å². The van der Waals surface area contributed by atoms with E-state index in [1.54, 1.807) is 32.1 Å². The highest BCUT2D eigenvalue weighted by Crippen LogP contribution is 2.42. The Labute approximate surface area is 257 Å². The predicted octanol–water partition coefficient (Wildman–Crippen LogP) is 7.17. The number of likely N-dealkylation sites (tertiary alicyclic amines) is 1. The maximum atomic E-state index is 12.5. The van der Waals surface area contributed by atoms with Crippen LogP contribution in [0.5, 0.6) is 0 Å². The number of likely N-dealkylation sites (N-methyl/N-ethyl adjacent to an activating group) is 1. The zero-order chi connectivity index (χ0) is 30.6. The number of carbonyl (C=O) groups is 1. The Morgan fingerprint density at radius 1 is 1.19 bits per heavy atom. The number of nitrogen functional groups attached to an aromatic ring is 1. The Balaban J connectivity index is 0.000000748. The largest absolute Gasteiger partial charge is 0.466 e. The van der Waals surface area contributed by atoms with Crippen LogP contribution in [-0.4, -0.2) is 59.3 Å². The number of hydrogen-bond donors (Lipinski definition) is 3. The van der Waals surface area contributed by atoms with Crippen LogP contribution in [0.2, 0.25) is 5.02 Å². The molecule has 0 saturated carbocycles. The Morgan fingerprint density at radius 3 is 2.48 bits per heavy atom. The SMILES string of the molecule is CC(C)(C)O.CCOC(=O)Cc1c(C)cc2nc(-c3ccc(N)c(NC4CCN(C)C4)c3)sc2c1-c1ccc(Cl)cc1. The molecule has 9 heteroatoms. The summed E-state index contributed by atoms with van der Waals surface area (Å²) in [5.41, 5.74) is 13.4. The first-order valence-corrected chi connectivity index (χ1v) is 15.4. The van der Waals surface area contributed by atoms with Gasteiger partial charge < -0.3 is 25.8 Å². The number of benzene rings is 3. The normalized spacial score (nSPS) is 15.4. The summed E-state index contributed by atoms with van der Waals surface area (Å²) in [6, 6.07) is 16.2. The summed E-state index contributed by atoms with van der Waals surface area (Å²) in [4.78, 5) is 19.9. The molecule has 1 atom stereocenters. The number of carbonyl (C=O) groups excluding carboxylic acids is 1. The minimum absolute atomic E-state index is 0.201. The molecule has 1 aromatic heterocycles. The zero-order valence-electron chi connectivity index (χ0n) is 25.3. The van der Waals surface area contributed by atoms with Crippen LogP contribution in [0.4, 0.5) is 11.4 Å². The van der Waals surface area contributed by atoms with E-state index >= 15 is 0 Å². The van der Waals surface area contributed by atoms with Crippen LogP contribution in [0, 0.1) is 6.92 Å². The van der Waals surface area contributed by atoms with Gasteiger partial charge in [-0.1, -0.05) is 23.7 Å². The lowest BCUT2D eigenvalue weighted by molar-refractivity contribution is -0.142. The molecule has 7 nitrogen and oxygen atoms in total. The molecular weight excluding hydrogens is 568 g/mol. The third-order valence-corrected chi connectivity index (χ3v) is 8.21. The number of nitrogens with two attached hydrogens (primary N) is 1. The van der Waals surface area contributed by atoms with E-state index in [4.69, 9.17) is 32.2 Å². The second kappa shape index (κ2) is 13.4. The van der Waals surface area contributed by atoms with E-state index in [0.717, 1.165) is 73.9 Å². The number of aromatic nitrogens is 1. The number of halogens is 1. The third kappa shape index (κ3) is 8.22. The highest BCUT2D eigenvalue weighted by molar-refractivity contribution is 7.22. The highest BCUT2D eigenvalue weighted by atomic mass is 35.5. The van der Waals surface area contributed by atoms with Crippen molar-refractivity contribution in [2.24, 2.45) is 0 Å². The van der Waals surface area contributed by atoms with Gasteiger partial charge in [-0.25, -0.2) is 4.98 Å². The Kier molecular flexibility index (Phi) is 10.1. The lowest BCUT2D eigenvalue weighted by Crippen LogP contribution is -2.23. The summed E-state index contributed by atoms with van der Waals surface area (Å²) in [5.74, 6) is -0.239. The number of ether oxygens (including phenoxy) is 1. The molecule has 1 unspecified atom stereocenters. The van der Waals surface area contributed by atoms with Gasteiger partial charge in [0.15, 0.2) is 0 Å². The molecule has 1 aliphatic rings. The summed E-state index contributed by atoms with van der Waals surface area (Å²) >= 11 is 7.82. The quantitative estimate of drug-likeness (QED) is 0.151. The molecule has 1 aliphatic heterocycles. The van der Waals surface area contributed by atoms with Crippen molar-refractivity contribution in [1.82, 2.24) is 9.88 Å². The van der Waals surface area contributed by atoms with Crippen molar-refractivity contribution in [3.05, 3.63) is 64.7 Å². The van der Waals surface area contributed by atoms with Crippen molar-refractivity contribution in [2.75, 3.05) is 37.8 Å². The first-order valence-electron chi connectivity index (χ1n) is 14.2. The fourth-order valence-corrected chi connectivity index (χ4v) is 6.21. The molecule has 0 spiro atoms. The fourth-order valence-electron chi connectivity index (χ4n) is 4.95. The van der Waals surface area contributed by atoms with Crippen molar-refractivity contribution in [1.29, 1.82) is 0 Å². The van der Waals surface area contributed by atoms with Gasteiger partial charge in [0.1, 0.15) is 5.01 Å². The van der Waals surface area contributed by atoms with Crippen molar-refractivity contribution in [3.63, 3.8) is 0 Å². The fraction of sp³-hybridized carbons (Fsp3) is 0.394. The van der Waals surface area contributed by atoms with Gasteiger partial charge in [-0.05, 0) is 108 Å². The molecule has 5 rings (SSSR count). The summed E-state index contributed by atoms with van der Waals surface area (Å²) in [6.45, 7) is 11.5. The Morgan fingerprint density at radius 2 is 1.86 bits per heavy atom. The number of aryl methyl sites for hydroxylation is 1. The van der Waals surface area contributed by atoms with Gasteiger partial charge in [0, 0.05) is 28.7 Å². The zero-order valence-corrected chi connectivity index (χ0v) is 26.8. The number of rotatable bonds is 7. The monoisotopic (exact) mass is 608 g/mol. The van der Waals surface area contributed by atoms with E-state index in [2.05, 4.69) is 29.4 Å². The number of nitrogens with zero attached hydrogens (tertiary/aromatic N) is 2. The number of hydrogen-bond acceptors (Lipinski definition) is 8. The minimum atomic E-state index is -0.500. The van der Waals surface area contributed by atoms with Gasteiger partial charge in [0.05, 0.1) is 40.2 Å². The standard InChI is InChI=1S/C29H31ClN4O2S.C4H10O/c1-4-36-26(35)15-22-17(2)13-25-28(27(22)18-5-8-20(30)9-6-18)37-29(33-25)19-7-10-23(31)24(14-19)32-21-11-12-34(3)16-21;1-4(2,3)5/h5-10,13-14,21,32H,4,11-12,15-16,31H2,1-3H3;5H,1-3H3. The van der Waals surface area contributed by atoms with Crippen molar-refractivity contribution in [3.8, 4) is 21.7 Å². The number of nitrogens with one attached hydrogen (secondary N) is 1.